The van der Waals surface area contributed by atoms with Gasteiger partial charge in [0.2, 0.25) is 11.8 Å². The van der Waals surface area contributed by atoms with Gasteiger partial charge in [-0.05, 0) is 25.0 Å². The summed E-state index contributed by atoms with van der Waals surface area (Å²) in [4.78, 5) is 51.9. The Labute approximate surface area is 174 Å². The quantitative estimate of drug-likeness (QED) is 0.532. The number of carbonyl (C=O) groups excluding carboxylic acids is 4. The molecule has 0 aromatic heterocycles. The van der Waals surface area contributed by atoms with Crippen molar-refractivity contribution in [1.29, 1.82) is 0 Å². The van der Waals surface area contributed by atoms with Gasteiger partial charge in [0, 0.05) is 18.4 Å². The first-order chi connectivity index (χ1) is 14.0. The maximum Gasteiger partial charge on any atom is 0.275 e. The normalized spacial score (nSPS) is 15.2. The number of rotatable bonds is 6. The van der Waals surface area contributed by atoms with Crippen molar-refractivity contribution in [2.24, 2.45) is 0 Å². The molecule has 2 aromatic rings. The average molecular weight is 413 g/mol. The van der Waals surface area contributed by atoms with Crippen LogP contribution in [0.1, 0.15) is 53.3 Å². The Bertz CT molecular complexity index is 929. The molecule has 1 aliphatic heterocycles. The number of benzene rings is 2. The minimum absolute atomic E-state index is 0.125. The predicted molar refractivity (Wildman–Crippen MR) is 108 cm³/mol. The van der Waals surface area contributed by atoms with Gasteiger partial charge < -0.3 is 0 Å². The number of carbonyl (C=O) groups is 4. The van der Waals surface area contributed by atoms with E-state index in [0.29, 0.717) is 12.0 Å². The van der Waals surface area contributed by atoms with Crippen molar-refractivity contribution in [3.63, 3.8) is 0 Å². The largest absolute Gasteiger partial charge is 0.292 e. The number of ketones is 1. The second-order valence-corrected chi connectivity index (χ2v) is 7.14. The first-order valence-corrected chi connectivity index (χ1v) is 9.86. The van der Waals surface area contributed by atoms with Gasteiger partial charge in [-0.2, -0.15) is 5.01 Å². The fourth-order valence-corrected chi connectivity index (χ4v) is 3.59. The van der Waals surface area contributed by atoms with Crippen molar-refractivity contribution < 1.29 is 19.2 Å². The number of piperidine rings is 1. The van der Waals surface area contributed by atoms with Crippen molar-refractivity contribution in [1.82, 2.24) is 10.0 Å². The number of amides is 3. The van der Waals surface area contributed by atoms with Crippen LogP contribution in [0.25, 0.3) is 0 Å². The van der Waals surface area contributed by atoms with Crippen molar-refractivity contribution in [3.8, 4) is 0 Å². The van der Waals surface area contributed by atoms with Crippen LogP contribution in [-0.4, -0.2) is 39.6 Å². The van der Waals surface area contributed by atoms with Crippen molar-refractivity contribution in [2.45, 2.75) is 38.6 Å². The smallest absolute Gasteiger partial charge is 0.275 e. The molecule has 1 heterocycles. The molecular weight excluding hydrogens is 392 g/mol. The standard InChI is InChI=1S/C22H21ClN2O4/c1-2-18(21(28)15-9-4-3-5-10-15)24(25-19(26)13-8-14-20(25)27)22(29)16-11-6-7-12-17(16)23/h3-7,9-12,18H,2,8,13-14H2,1H3/t18-/m0/s1. The van der Waals surface area contributed by atoms with Gasteiger partial charge in [-0.3, -0.25) is 19.2 Å². The van der Waals surface area contributed by atoms with E-state index in [9.17, 15) is 19.2 Å². The number of Topliss-reactive ketones (excluding diaryl/α,β-unsaturated/α-hetero) is 1. The molecular formula is C22H21ClN2O4. The molecule has 1 atom stereocenters. The summed E-state index contributed by atoms with van der Waals surface area (Å²) < 4.78 is 0. The fraction of sp³-hybridized carbons (Fsp3) is 0.273. The number of nitrogens with zero attached hydrogens (tertiary/aromatic N) is 2. The maximum absolute atomic E-state index is 13.4. The van der Waals surface area contributed by atoms with Gasteiger partial charge in [-0.15, -0.1) is 0 Å². The first-order valence-electron chi connectivity index (χ1n) is 9.48. The van der Waals surface area contributed by atoms with Crippen LogP contribution in [0.15, 0.2) is 54.6 Å². The van der Waals surface area contributed by atoms with Crippen molar-refractivity contribution >= 4 is 35.1 Å². The van der Waals surface area contributed by atoms with E-state index < -0.39 is 23.8 Å². The molecule has 29 heavy (non-hydrogen) atoms. The van der Waals surface area contributed by atoms with Gasteiger partial charge in [0.1, 0.15) is 6.04 Å². The first kappa shape index (κ1) is 20.7. The van der Waals surface area contributed by atoms with Gasteiger partial charge >= 0.3 is 0 Å². The third-order valence-electron chi connectivity index (χ3n) is 4.82. The summed E-state index contributed by atoms with van der Waals surface area (Å²) >= 11 is 6.20. The molecule has 1 saturated heterocycles. The average Bonchev–Trinajstić information content (AvgIpc) is 2.73. The molecule has 3 amide bonds. The molecule has 2 aromatic carbocycles. The molecule has 0 saturated carbocycles. The summed E-state index contributed by atoms with van der Waals surface area (Å²) in [5.41, 5.74) is 0.521. The molecule has 0 spiro atoms. The molecule has 150 valence electrons. The van der Waals surface area contributed by atoms with Crippen LogP contribution < -0.4 is 0 Å². The number of halogens is 1. The number of imide groups is 1. The van der Waals surface area contributed by atoms with Crippen LogP contribution in [0.4, 0.5) is 0 Å². The molecule has 0 unspecified atom stereocenters. The minimum atomic E-state index is -1.02. The molecule has 6 nitrogen and oxygen atoms in total. The minimum Gasteiger partial charge on any atom is -0.292 e. The SMILES string of the molecule is CC[C@@H](C(=O)c1ccccc1)N(C(=O)c1ccccc1Cl)N1C(=O)CCCC1=O. The van der Waals surface area contributed by atoms with Crippen molar-refractivity contribution in [2.75, 3.05) is 0 Å². The highest BCUT2D eigenvalue weighted by Crippen LogP contribution is 2.26. The second kappa shape index (κ2) is 9.01. The summed E-state index contributed by atoms with van der Waals surface area (Å²) in [6.07, 6.45) is 0.911. The number of hydrogen-bond acceptors (Lipinski definition) is 4. The van der Waals surface area contributed by atoms with Gasteiger partial charge in [-0.25, -0.2) is 5.01 Å². The zero-order valence-electron chi connectivity index (χ0n) is 16.0. The third kappa shape index (κ3) is 4.22. The van der Waals surface area contributed by atoms with Gasteiger partial charge in [0.25, 0.3) is 5.91 Å². The van der Waals surface area contributed by atoms with Crippen LogP contribution in [0.5, 0.6) is 0 Å². The summed E-state index contributed by atoms with van der Waals surface area (Å²) in [6.45, 7) is 1.73. The van der Waals surface area contributed by atoms with Crippen LogP contribution in [0.2, 0.25) is 5.02 Å². The Morgan fingerprint density at radius 1 is 1.00 bits per heavy atom. The fourth-order valence-electron chi connectivity index (χ4n) is 3.38. The zero-order chi connectivity index (χ0) is 21.0. The van der Waals surface area contributed by atoms with E-state index in [0.717, 1.165) is 10.0 Å². The molecule has 1 fully saturated rings. The molecule has 3 rings (SSSR count). The van der Waals surface area contributed by atoms with Crippen LogP contribution in [0, 0.1) is 0 Å². The van der Waals surface area contributed by atoms with Crippen molar-refractivity contribution in [3.05, 3.63) is 70.7 Å². The lowest BCUT2D eigenvalue weighted by molar-refractivity contribution is -0.165. The van der Waals surface area contributed by atoms with E-state index in [4.69, 9.17) is 11.6 Å². The lowest BCUT2D eigenvalue weighted by Gasteiger charge is -2.39. The van der Waals surface area contributed by atoms with Crippen LogP contribution in [-0.2, 0) is 9.59 Å². The highest BCUT2D eigenvalue weighted by atomic mass is 35.5. The Morgan fingerprint density at radius 2 is 1.59 bits per heavy atom. The Morgan fingerprint density at radius 3 is 2.17 bits per heavy atom. The molecule has 7 heteroatoms. The Balaban J connectivity index is 2.09. The summed E-state index contributed by atoms with van der Waals surface area (Å²) in [5.74, 6) is -2.00. The highest BCUT2D eigenvalue weighted by Gasteiger charge is 2.41. The molecule has 0 bridgehead atoms. The van der Waals surface area contributed by atoms with Gasteiger partial charge in [-0.1, -0.05) is 61.0 Å². The highest BCUT2D eigenvalue weighted by molar-refractivity contribution is 6.34. The molecule has 0 aliphatic carbocycles. The second-order valence-electron chi connectivity index (χ2n) is 6.74. The van der Waals surface area contributed by atoms with E-state index in [1.54, 1.807) is 55.5 Å². The van der Waals surface area contributed by atoms with E-state index in [1.807, 2.05) is 0 Å². The third-order valence-corrected chi connectivity index (χ3v) is 5.15. The lowest BCUT2D eigenvalue weighted by atomic mass is 10.0. The maximum atomic E-state index is 13.4. The molecule has 0 radical (unpaired) electrons. The zero-order valence-corrected chi connectivity index (χ0v) is 16.8. The summed E-state index contributed by atoms with van der Waals surface area (Å²) in [5, 5.41) is 2.02. The Hall–Kier alpha value is -2.99. The van der Waals surface area contributed by atoms with Gasteiger partial charge in [0.05, 0.1) is 10.6 Å². The van der Waals surface area contributed by atoms with E-state index in [-0.39, 0.29) is 35.6 Å². The van der Waals surface area contributed by atoms with E-state index >= 15 is 0 Å². The van der Waals surface area contributed by atoms with E-state index in [1.165, 1.54) is 6.07 Å². The van der Waals surface area contributed by atoms with E-state index in [2.05, 4.69) is 0 Å². The Kier molecular flexibility index (Phi) is 6.44. The summed E-state index contributed by atoms with van der Waals surface area (Å²) in [7, 11) is 0. The molecule has 0 N–H and O–H groups in total. The topological polar surface area (TPSA) is 74.8 Å². The van der Waals surface area contributed by atoms with Gasteiger partial charge in [0.15, 0.2) is 5.78 Å². The predicted octanol–water partition coefficient (Wildman–Crippen LogP) is 3.90. The number of hydrogen-bond donors (Lipinski definition) is 0. The van der Waals surface area contributed by atoms with Crippen LogP contribution in [0.3, 0.4) is 0 Å². The summed E-state index contributed by atoms with van der Waals surface area (Å²) in [6, 6.07) is 13.8. The molecule has 1 aliphatic rings. The lowest BCUT2D eigenvalue weighted by Crippen LogP contribution is -2.60. The van der Waals surface area contributed by atoms with Crippen LogP contribution >= 0.6 is 11.6 Å². The monoisotopic (exact) mass is 412 g/mol. The number of hydrazine groups is 1.